The zero-order chi connectivity index (χ0) is 14.8. The summed E-state index contributed by atoms with van der Waals surface area (Å²) in [4.78, 5) is 18.1. The van der Waals surface area contributed by atoms with Crippen molar-refractivity contribution < 1.29 is 14.3 Å². The van der Waals surface area contributed by atoms with E-state index in [1.54, 1.807) is 20.4 Å². The lowest BCUT2D eigenvalue weighted by molar-refractivity contribution is -0.119. The zero-order valence-corrected chi connectivity index (χ0v) is 12.3. The number of carbonyl (C=O) groups excluding carboxylic acids is 1. The molecule has 1 fully saturated rings. The van der Waals surface area contributed by atoms with E-state index < -0.39 is 0 Å². The van der Waals surface area contributed by atoms with E-state index in [0.717, 1.165) is 29.7 Å². The van der Waals surface area contributed by atoms with Crippen molar-refractivity contribution in [3.8, 4) is 11.5 Å². The number of aromatic nitrogens is 1. The number of Topliss-reactive ketones (excluding diaryl/α,β-unsaturated/α-hetero) is 1. The molecule has 0 unspecified atom stereocenters. The van der Waals surface area contributed by atoms with Gasteiger partial charge >= 0.3 is 0 Å². The second kappa shape index (κ2) is 5.60. The number of rotatable bonds is 3. The number of carbonyl (C=O) groups is 1. The largest absolute Gasteiger partial charge is 0.493 e. The average Bonchev–Trinajstić information content (AvgIpc) is 2.53. The number of nitrogens with zero attached hydrogens (tertiary/aromatic N) is 2. The van der Waals surface area contributed by atoms with Crippen molar-refractivity contribution in [2.24, 2.45) is 0 Å². The standard InChI is InChI=1S/C16H18N2O3/c1-20-14-9-11-3-6-17-16(13(11)10-15(14)21-2)18-7-4-12(19)5-8-18/h3,6,9-10H,4-5,7-8H2,1-2H3. The molecule has 1 aromatic heterocycles. The molecule has 0 radical (unpaired) electrons. The van der Waals surface area contributed by atoms with E-state index in [1.807, 2.05) is 18.2 Å². The van der Waals surface area contributed by atoms with Crippen LogP contribution in [0.1, 0.15) is 12.8 Å². The number of anilines is 1. The number of methoxy groups -OCH3 is 2. The molecule has 1 aliphatic heterocycles. The van der Waals surface area contributed by atoms with Gasteiger partial charge in [0.1, 0.15) is 11.6 Å². The summed E-state index contributed by atoms with van der Waals surface area (Å²) in [6.07, 6.45) is 2.97. The second-order valence-corrected chi connectivity index (χ2v) is 5.09. The second-order valence-electron chi connectivity index (χ2n) is 5.09. The summed E-state index contributed by atoms with van der Waals surface area (Å²) in [6.45, 7) is 1.44. The maximum Gasteiger partial charge on any atom is 0.161 e. The van der Waals surface area contributed by atoms with Gasteiger partial charge in [0.05, 0.1) is 14.2 Å². The Labute approximate surface area is 123 Å². The number of fused-ring (bicyclic) bond motifs is 1. The summed E-state index contributed by atoms with van der Waals surface area (Å²) in [6, 6.07) is 5.86. The predicted molar refractivity (Wildman–Crippen MR) is 81.3 cm³/mol. The van der Waals surface area contributed by atoms with E-state index in [2.05, 4.69) is 9.88 Å². The van der Waals surface area contributed by atoms with Gasteiger partial charge in [0.15, 0.2) is 11.5 Å². The quantitative estimate of drug-likeness (QED) is 0.867. The van der Waals surface area contributed by atoms with Gasteiger partial charge < -0.3 is 14.4 Å². The maximum absolute atomic E-state index is 11.4. The normalized spacial score (nSPS) is 15.3. The molecule has 21 heavy (non-hydrogen) atoms. The number of pyridine rings is 1. The first-order chi connectivity index (χ1) is 10.2. The molecule has 2 heterocycles. The highest BCUT2D eigenvalue weighted by Gasteiger charge is 2.20. The van der Waals surface area contributed by atoms with Crippen molar-refractivity contribution in [1.29, 1.82) is 0 Å². The van der Waals surface area contributed by atoms with E-state index in [1.165, 1.54) is 0 Å². The molecule has 110 valence electrons. The maximum atomic E-state index is 11.4. The Morgan fingerprint density at radius 3 is 2.43 bits per heavy atom. The van der Waals surface area contributed by atoms with Crippen LogP contribution in [-0.4, -0.2) is 38.1 Å². The van der Waals surface area contributed by atoms with Gasteiger partial charge in [-0.2, -0.15) is 0 Å². The fraction of sp³-hybridized carbons (Fsp3) is 0.375. The van der Waals surface area contributed by atoms with Crippen LogP contribution in [0.3, 0.4) is 0 Å². The van der Waals surface area contributed by atoms with Crippen LogP contribution in [0, 0.1) is 0 Å². The van der Waals surface area contributed by atoms with Gasteiger partial charge in [-0.3, -0.25) is 4.79 Å². The summed E-state index contributed by atoms with van der Waals surface area (Å²) in [7, 11) is 3.25. The summed E-state index contributed by atoms with van der Waals surface area (Å²) in [5.74, 6) is 2.62. The van der Waals surface area contributed by atoms with Gasteiger partial charge in [0.2, 0.25) is 0 Å². The molecule has 0 N–H and O–H groups in total. The molecule has 2 aromatic rings. The minimum Gasteiger partial charge on any atom is -0.493 e. The number of hydrogen-bond acceptors (Lipinski definition) is 5. The minimum atomic E-state index is 0.325. The highest BCUT2D eigenvalue weighted by Crippen LogP contribution is 2.36. The predicted octanol–water partition coefficient (Wildman–Crippen LogP) is 2.42. The van der Waals surface area contributed by atoms with E-state index in [0.29, 0.717) is 30.1 Å². The number of hydrogen-bond donors (Lipinski definition) is 0. The molecule has 5 heteroatoms. The molecule has 0 atom stereocenters. The molecule has 1 aromatic carbocycles. The van der Waals surface area contributed by atoms with Gasteiger partial charge in [0.25, 0.3) is 0 Å². The molecule has 3 rings (SSSR count). The van der Waals surface area contributed by atoms with Crippen LogP contribution in [0.5, 0.6) is 11.5 Å². The van der Waals surface area contributed by atoms with Crippen molar-refractivity contribution in [2.45, 2.75) is 12.8 Å². The van der Waals surface area contributed by atoms with Crippen LogP contribution >= 0.6 is 0 Å². The summed E-state index contributed by atoms with van der Waals surface area (Å²) in [5.41, 5.74) is 0. The van der Waals surface area contributed by atoms with Crippen LogP contribution in [0.15, 0.2) is 24.4 Å². The SMILES string of the molecule is COc1cc2ccnc(N3CCC(=O)CC3)c2cc1OC. The third-order valence-corrected chi connectivity index (χ3v) is 3.87. The molecule has 1 saturated heterocycles. The van der Waals surface area contributed by atoms with Crippen molar-refractivity contribution in [1.82, 2.24) is 4.98 Å². The fourth-order valence-electron chi connectivity index (χ4n) is 2.70. The molecule has 0 saturated carbocycles. The Hall–Kier alpha value is -2.30. The smallest absolute Gasteiger partial charge is 0.161 e. The molecular formula is C16H18N2O3. The molecule has 1 aliphatic rings. The van der Waals surface area contributed by atoms with Gasteiger partial charge in [-0.15, -0.1) is 0 Å². The first-order valence-corrected chi connectivity index (χ1v) is 7.00. The molecule has 0 bridgehead atoms. The zero-order valence-electron chi connectivity index (χ0n) is 12.3. The lowest BCUT2D eigenvalue weighted by Gasteiger charge is -2.28. The molecule has 5 nitrogen and oxygen atoms in total. The van der Waals surface area contributed by atoms with E-state index in [-0.39, 0.29) is 0 Å². The van der Waals surface area contributed by atoms with E-state index in [4.69, 9.17) is 9.47 Å². The molecular weight excluding hydrogens is 268 g/mol. The Morgan fingerprint density at radius 1 is 1.10 bits per heavy atom. The minimum absolute atomic E-state index is 0.325. The first kappa shape index (κ1) is 13.7. The van der Waals surface area contributed by atoms with Crippen LogP contribution in [0.2, 0.25) is 0 Å². The van der Waals surface area contributed by atoms with E-state index >= 15 is 0 Å². The monoisotopic (exact) mass is 286 g/mol. The third kappa shape index (κ3) is 2.51. The number of piperidine rings is 1. The van der Waals surface area contributed by atoms with Crippen LogP contribution < -0.4 is 14.4 Å². The lowest BCUT2D eigenvalue weighted by atomic mass is 10.1. The number of benzene rings is 1. The van der Waals surface area contributed by atoms with Crippen molar-refractivity contribution in [3.05, 3.63) is 24.4 Å². The van der Waals surface area contributed by atoms with Crippen molar-refractivity contribution in [3.63, 3.8) is 0 Å². The first-order valence-electron chi connectivity index (χ1n) is 7.00. The van der Waals surface area contributed by atoms with Gasteiger partial charge in [-0.05, 0) is 23.6 Å². The molecule has 0 spiro atoms. The Morgan fingerprint density at radius 2 is 1.76 bits per heavy atom. The third-order valence-electron chi connectivity index (χ3n) is 3.87. The number of ether oxygens (including phenoxy) is 2. The topological polar surface area (TPSA) is 51.7 Å². The Kier molecular flexibility index (Phi) is 3.64. The average molecular weight is 286 g/mol. The lowest BCUT2D eigenvalue weighted by Crippen LogP contribution is -2.34. The summed E-state index contributed by atoms with van der Waals surface area (Å²) < 4.78 is 10.7. The van der Waals surface area contributed by atoms with Gasteiger partial charge in [-0.25, -0.2) is 4.98 Å². The van der Waals surface area contributed by atoms with Crippen LogP contribution in [0.4, 0.5) is 5.82 Å². The van der Waals surface area contributed by atoms with Crippen LogP contribution in [-0.2, 0) is 4.79 Å². The van der Waals surface area contributed by atoms with Gasteiger partial charge in [0, 0.05) is 37.5 Å². The van der Waals surface area contributed by atoms with E-state index in [9.17, 15) is 4.79 Å². The number of ketones is 1. The fourth-order valence-corrected chi connectivity index (χ4v) is 2.70. The van der Waals surface area contributed by atoms with Crippen LogP contribution in [0.25, 0.3) is 10.8 Å². The van der Waals surface area contributed by atoms with Crippen molar-refractivity contribution >= 4 is 22.4 Å². The highest BCUT2D eigenvalue weighted by molar-refractivity contribution is 5.95. The van der Waals surface area contributed by atoms with Gasteiger partial charge in [-0.1, -0.05) is 0 Å². The highest BCUT2D eigenvalue weighted by atomic mass is 16.5. The molecule has 0 aliphatic carbocycles. The van der Waals surface area contributed by atoms with Crippen molar-refractivity contribution in [2.75, 3.05) is 32.2 Å². The Bertz CT molecular complexity index is 675. The molecule has 0 amide bonds. The Balaban J connectivity index is 2.08. The summed E-state index contributed by atoms with van der Waals surface area (Å²) in [5, 5.41) is 2.07. The summed E-state index contributed by atoms with van der Waals surface area (Å²) >= 11 is 0.